The highest BCUT2D eigenvalue weighted by atomic mass is 79.9. The van der Waals surface area contributed by atoms with Crippen molar-refractivity contribution in [1.82, 2.24) is 19.5 Å². The molecule has 0 fully saturated rings. The molecule has 0 N–H and O–H groups in total. The molecule has 3 rings (SSSR count). The molecule has 0 unspecified atom stereocenters. The molecule has 0 spiro atoms. The van der Waals surface area contributed by atoms with Gasteiger partial charge in [0.2, 0.25) is 5.89 Å². The lowest BCUT2D eigenvalue weighted by Gasteiger charge is -2.06. The molecule has 0 bridgehead atoms. The van der Waals surface area contributed by atoms with Gasteiger partial charge in [-0.2, -0.15) is 0 Å². The zero-order valence-electron chi connectivity index (χ0n) is 11.8. The van der Waals surface area contributed by atoms with E-state index < -0.39 is 0 Å². The first-order valence-corrected chi connectivity index (χ1v) is 7.49. The lowest BCUT2D eigenvalue weighted by molar-refractivity contribution is 0.429. The van der Waals surface area contributed by atoms with Gasteiger partial charge in [-0.3, -0.25) is 4.98 Å². The van der Waals surface area contributed by atoms with E-state index in [4.69, 9.17) is 4.42 Å². The molecule has 0 aromatic carbocycles. The molecule has 108 valence electrons. The summed E-state index contributed by atoms with van der Waals surface area (Å²) in [6.45, 7) is 4.72. The summed E-state index contributed by atoms with van der Waals surface area (Å²) in [5, 5.41) is 0. The fraction of sp³-hybridized carbons (Fsp3) is 0.267. The predicted octanol–water partition coefficient (Wildman–Crippen LogP) is 3.87. The zero-order chi connectivity index (χ0) is 14.8. The minimum Gasteiger partial charge on any atom is -0.443 e. The molecule has 0 amide bonds. The molecule has 0 aliphatic rings. The van der Waals surface area contributed by atoms with Crippen LogP contribution in [0, 0.1) is 0 Å². The first-order valence-electron chi connectivity index (χ1n) is 6.70. The van der Waals surface area contributed by atoms with Crippen LogP contribution < -0.4 is 0 Å². The van der Waals surface area contributed by atoms with Crippen molar-refractivity contribution in [2.45, 2.75) is 26.3 Å². The second-order valence-electron chi connectivity index (χ2n) is 5.08. The molecular weight excluding hydrogens is 332 g/mol. The Hall–Kier alpha value is -1.95. The number of oxazole rings is 1. The van der Waals surface area contributed by atoms with Gasteiger partial charge in [0.1, 0.15) is 18.1 Å². The van der Waals surface area contributed by atoms with Gasteiger partial charge in [0, 0.05) is 40.7 Å². The van der Waals surface area contributed by atoms with Crippen LogP contribution in [0.4, 0.5) is 0 Å². The second kappa shape index (κ2) is 5.81. The van der Waals surface area contributed by atoms with E-state index in [9.17, 15) is 0 Å². The number of hydrogen-bond acceptors (Lipinski definition) is 4. The summed E-state index contributed by atoms with van der Waals surface area (Å²) in [5.74, 6) is 2.76. The van der Waals surface area contributed by atoms with Crippen LogP contribution in [0.2, 0.25) is 0 Å². The molecule has 3 aromatic rings. The molecule has 0 atom stereocenters. The number of nitrogens with zero attached hydrogens (tertiary/aromatic N) is 4. The standard InChI is InChI=1S/C15H15BrN4O/c1-10(2)13-8-19-14(21-13)9-20-4-3-18-15(20)11-5-12(16)7-17-6-11/h3-8,10H,9H2,1-2H3. The predicted molar refractivity (Wildman–Crippen MR) is 82.9 cm³/mol. The van der Waals surface area contributed by atoms with E-state index in [0.717, 1.165) is 21.6 Å². The van der Waals surface area contributed by atoms with Gasteiger partial charge in [0.05, 0.1) is 6.20 Å². The highest BCUT2D eigenvalue weighted by molar-refractivity contribution is 9.10. The molecule has 0 radical (unpaired) electrons. The number of imidazole rings is 1. The van der Waals surface area contributed by atoms with E-state index in [2.05, 4.69) is 44.7 Å². The Morgan fingerprint density at radius 1 is 1.24 bits per heavy atom. The average molecular weight is 347 g/mol. The van der Waals surface area contributed by atoms with Crippen LogP contribution in [-0.2, 0) is 6.54 Å². The third-order valence-corrected chi connectivity index (χ3v) is 3.56. The summed E-state index contributed by atoms with van der Waals surface area (Å²) in [4.78, 5) is 12.9. The largest absolute Gasteiger partial charge is 0.443 e. The van der Waals surface area contributed by atoms with E-state index >= 15 is 0 Å². The van der Waals surface area contributed by atoms with Gasteiger partial charge >= 0.3 is 0 Å². The molecule has 0 saturated heterocycles. The topological polar surface area (TPSA) is 56.7 Å². The molecule has 0 aliphatic heterocycles. The number of halogens is 1. The molecule has 6 heteroatoms. The maximum Gasteiger partial charge on any atom is 0.214 e. The molecule has 5 nitrogen and oxygen atoms in total. The van der Waals surface area contributed by atoms with Gasteiger partial charge in [-0.15, -0.1) is 0 Å². The summed E-state index contributed by atoms with van der Waals surface area (Å²) in [5.41, 5.74) is 0.949. The molecule has 3 aromatic heterocycles. The van der Waals surface area contributed by atoms with E-state index in [0.29, 0.717) is 18.4 Å². The van der Waals surface area contributed by atoms with Crippen molar-refractivity contribution >= 4 is 15.9 Å². The van der Waals surface area contributed by atoms with E-state index in [1.54, 1.807) is 24.8 Å². The van der Waals surface area contributed by atoms with Gasteiger partial charge in [-0.1, -0.05) is 13.8 Å². The highest BCUT2D eigenvalue weighted by Crippen LogP contribution is 2.22. The Bertz CT molecular complexity index is 747. The van der Waals surface area contributed by atoms with Crippen molar-refractivity contribution in [2.24, 2.45) is 0 Å². The Labute approximate surface area is 131 Å². The van der Waals surface area contributed by atoms with Gasteiger partial charge in [0.25, 0.3) is 0 Å². The van der Waals surface area contributed by atoms with Crippen LogP contribution in [0.3, 0.4) is 0 Å². The maximum atomic E-state index is 5.75. The molecule has 0 saturated carbocycles. The molecule has 0 aliphatic carbocycles. The van der Waals surface area contributed by atoms with Gasteiger partial charge in [0.15, 0.2) is 0 Å². The fourth-order valence-electron chi connectivity index (χ4n) is 2.04. The third-order valence-electron chi connectivity index (χ3n) is 3.12. The Morgan fingerprint density at radius 2 is 2.10 bits per heavy atom. The Balaban J connectivity index is 1.88. The number of aromatic nitrogens is 4. The summed E-state index contributed by atoms with van der Waals surface area (Å²) < 4.78 is 8.67. The first kappa shape index (κ1) is 14.0. The van der Waals surface area contributed by atoms with Crippen LogP contribution in [0.15, 0.2) is 45.9 Å². The minimum absolute atomic E-state index is 0.336. The smallest absolute Gasteiger partial charge is 0.214 e. The van der Waals surface area contributed by atoms with Crippen molar-refractivity contribution < 1.29 is 4.42 Å². The lowest BCUT2D eigenvalue weighted by atomic mass is 10.2. The summed E-state index contributed by atoms with van der Waals surface area (Å²) >= 11 is 3.43. The Kier molecular flexibility index (Phi) is 3.88. The quantitative estimate of drug-likeness (QED) is 0.719. The first-order chi connectivity index (χ1) is 10.1. The van der Waals surface area contributed by atoms with Gasteiger partial charge in [-0.05, 0) is 22.0 Å². The van der Waals surface area contributed by atoms with Crippen molar-refractivity contribution in [3.8, 4) is 11.4 Å². The van der Waals surface area contributed by atoms with Crippen LogP contribution in [0.5, 0.6) is 0 Å². The van der Waals surface area contributed by atoms with Crippen molar-refractivity contribution in [2.75, 3.05) is 0 Å². The van der Waals surface area contributed by atoms with E-state index in [1.807, 2.05) is 16.8 Å². The minimum atomic E-state index is 0.336. The number of pyridine rings is 1. The van der Waals surface area contributed by atoms with Crippen molar-refractivity contribution in [3.63, 3.8) is 0 Å². The van der Waals surface area contributed by atoms with Gasteiger partial charge < -0.3 is 8.98 Å². The zero-order valence-corrected chi connectivity index (χ0v) is 13.4. The van der Waals surface area contributed by atoms with Gasteiger partial charge in [-0.25, -0.2) is 9.97 Å². The van der Waals surface area contributed by atoms with Crippen molar-refractivity contribution in [3.05, 3.63) is 53.2 Å². The third kappa shape index (κ3) is 3.05. The molecular formula is C15H15BrN4O. The summed E-state index contributed by atoms with van der Waals surface area (Å²) in [7, 11) is 0. The van der Waals surface area contributed by atoms with Crippen LogP contribution in [-0.4, -0.2) is 19.5 Å². The average Bonchev–Trinajstić information content (AvgIpc) is 3.08. The normalized spacial score (nSPS) is 11.2. The van der Waals surface area contributed by atoms with Crippen LogP contribution >= 0.6 is 15.9 Å². The highest BCUT2D eigenvalue weighted by Gasteiger charge is 2.11. The van der Waals surface area contributed by atoms with E-state index in [1.165, 1.54) is 0 Å². The number of hydrogen-bond donors (Lipinski definition) is 0. The van der Waals surface area contributed by atoms with Crippen molar-refractivity contribution in [1.29, 1.82) is 0 Å². The SMILES string of the molecule is CC(C)c1cnc(Cn2ccnc2-c2cncc(Br)c2)o1. The van der Waals surface area contributed by atoms with Crippen LogP contribution in [0.25, 0.3) is 11.4 Å². The maximum absolute atomic E-state index is 5.75. The van der Waals surface area contributed by atoms with Crippen LogP contribution in [0.1, 0.15) is 31.4 Å². The second-order valence-corrected chi connectivity index (χ2v) is 6.00. The van der Waals surface area contributed by atoms with E-state index in [-0.39, 0.29) is 0 Å². The summed E-state index contributed by atoms with van der Waals surface area (Å²) in [6.07, 6.45) is 9.01. The molecule has 21 heavy (non-hydrogen) atoms. The number of rotatable bonds is 4. The Morgan fingerprint density at radius 3 is 2.81 bits per heavy atom. The molecule has 3 heterocycles. The summed E-state index contributed by atoms with van der Waals surface area (Å²) in [6, 6.07) is 1.99. The fourth-order valence-corrected chi connectivity index (χ4v) is 2.41. The monoisotopic (exact) mass is 346 g/mol. The lowest BCUT2D eigenvalue weighted by Crippen LogP contribution is -2.01.